The van der Waals surface area contributed by atoms with E-state index in [0.29, 0.717) is 37.9 Å². The fourth-order valence-corrected chi connectivity index (χ4v) is 2.65. The summed E-state index contributed by atoms with van der Waals surface area (Å²) < 4.78 is 5.29. The fraction of sp³-hybridized carbons (Fsp3) is 0.389. The van der Waals surface area contributed by atoms with Gasteiger partial charge in [-0.3, -0.25) is 4.79 Å². The highest BCUT2D eigenvalue weighted by molar-refractivity contribution is 5.92. The van der Waals surface area contributed by atoms with Crippen LogP contribution in [-0.2, 0) is 11.2 Å². The van der Waals surface area contributed by atoms with Gasteiger partial charge >= 0.3 is 0 Å². The van der Waals surface area contributed by atoms with E-state index in [1.807, 2.05) is 25.1 Å². The highest BCUT2D eigenvalue weighted by Crippen LogP contribution is 2.10. The number of anilines is 1. The van der Waals surface area contributed by atoms with E-state index in [9.17, 15) is 4.79 Å². The predicted octanol–water partition coefficient (Wildman–Crippen LogP) is 1.91. The first-order valence-corrected chi connectivity index (χ1v) is 8.23. The summed E-state index contributed by atoms with van der Waals surface area (Å²) in [6.07, 6.45) is 0.880. The lowest BCUT2D eigenvalue weighted by Crippen LogP contribution is -2.41. The summed E-state index contributed by atoms with van der Waals surface area (Å²) in [5.41, 5.74) is 2.47. The van der Waals surface area contributed by atoms with Crippen LogP contribution in [0.2, 0.25) is 0 Å². The molecule has 0 radical (unpaired) electrons. The van der Waals surface area contributed by atoms with Crippen molar-refractivity contribution in [3.05, 3.63) is 53.3 Å². The van der Waals surface area contributed by atoms with Crippen molar-refractivity contribution >= 4 is 11.9 Å². The zero-order chi connectivity index (χ0) is 16.8. The van der Waals surface area contributed by atoms with E-state index < -0.39 is 0 Å². The monoisotopic (exact) mass is 326 g/mol. The van der Waals surface area contributed by atoms with Crippen molar-refractivity contribution in [2.75, 3.05) is 38.2 Å². The molecule has 0 atom stereocenters. The summed E-state index contributed by atoms with van der Waals surface area (Å²) in [6, 6.07) is 12.0. The highest BCUT2D eigenvalue weighted by Gasteiger charge is 2.20. The van der Waals surface area contributed by atoms with Crippen LogP contribution in [0.5, 0.6) is 0 Å². The first-order valence-electron chi connectivity index (χ1n) is 8.23. The van der Waals surface area contributed by atoms with Gasteiger partial charge < -0.3 is 15.0 Å². The fourth-order valence-electron chi connectivity index (χ4n) is 2.65. The maximum atomic E-state index is 12.6. The van der Waals surface area contributed by atoms with Crippen LogP contribution in [0.3, 0.4) is 0 Å². The van der Waals surface area contributed by atoms with E-state index in [4.69, 9.17) is 4.74 Å². The second kappa shape index (κ2) is 7.88. The van der Waals surface area contributed by atoms with Gasteiger partial charge in [0.2, 0.25) is 5.95 Å². The standard InChI is InChI=1S/C18H22N4O2/c1-14-13-16(17(23)22-9-11-24-12-10-22)21-18(20-14)19-8-7-15-5-3-2-4-6-15/h2-6,13H,7-12H2,1H3,(H,19,20,21). The van der Waals surface area contributed by atoms with Crippen molar-refractivity contribution in [2.45, 2.75) is 13.3 Å². The number of ether oxygens (including phenoxy) is 1. The highest BCUT2D eigenvalue weighted by atomic mass is 16.5. The molecule has 2 heterocycles. The summed E-state index contributed by atoms with van der Waals surface area (Å²) in [4.78, 5) is 23.1. The quantitative estimate of drug-likeness (QED) is 0.909. The van der Waals surface area contributed by atoms with Gasteiger partial charge in [-0.1, -0.05) is 30.3 Å². The van der Waals surface area contributed by atoms with Crippen molar-refractivity contribution in [3.63, 3.8) is 0 Å². The molecule has 24 heavy (non-hydrogen) atoms. The Morgan fingerprint density at radius 2 is 1.96 bits per heavy atom. The minimum atomic E-state index is -0.0603. The number of rotatable bonds is 5. The number of amides is 1. The number of benzene rings is 1. The Morgan fingerprint density at radius 3 is 2.71 bits per heavy atom. The molecule has 0 aliphatic carbocycles. The van der Waals surface area contributed by atoms with Crippen molar-refractivity contribution in [2.24, 2.45) is 0 Å². The molecule has 2 aromatic rings. The summed E-state index contributed by atoms with van der Waals surface area (Å²) in [5, 5.41) is 3.21. The minimum Gasteiger partial charge on any atom is -0.378 e. The van der Waals surface area contributed by atoms with Crippen molar-refractivity contribution < 1.29 is 9.53 Å². The Bertz CT molecular complexity index is 685. The van der Waals surface area contributed by atoms with E-state index in [1.54, 1.807) is 11.0 Å². The van der Waals surface area contributed by atoms with E-state index in [-0.39, 0.29) is 5.91 Å². The Hall–Kier alpha value is -2.47. The zero-order valence-corrected chi connectivity index (χ0v) is 13.9. The molecule has 1 aliphatic heterocycles. The summed E-state index contributed by atoms with van der Waals surface area (Å²) in [7, 11) is 0. The smallest absolute Gasteiger partial charge is 0.272 e. The van der Waals surface area contributed by atoms with Crippen LogP contribution in [0, 0.1) is 6.92 Å². The molecule has 0 saturated carbocycles. The Kier molecular flexibility index (Phi) is 5.38. The molecule has 1 saturated heterocycles. The Balaban J connectivity index is 1.63. The zero-order valence-electron chi connectivity index (χ0n) is 13.9. The van der Waals surface area contributed by atoms with Crippen LogP contribution in [0.1, 0.15) is 21.7 Å². The molecular formula is C18H22N4O2. The normalized spacial score (nSPS) is 14.5. The lowest BCUT2D eigenvalue weighted by molar-refractivity contribution is 0.0299. The van der Waals surface area contributed by atoms with Crippen LogP contribution in [0.15, 0.2) is 36.4 Å². The molecule has 1 aromatic heterocycles. The van der Waals surface area contributed by atoms with Crippen LogP contribution in [0.4, 0.5) is 5.95 Å². The maximum absolute atomic E-state index is 12.6. The number of morpholine rings is 1. The molecule has 1 aromatic carbocycles. The molecule has 0 bridgehead atoms. The SMILES string of the molecule is Cc1cc(C(=O)N2CCOCC2)nc(NCCc2ccccc2)n1. The van der Waals surface area contributed by atoms with Crippen molar-refractivity contribution in [3.8, 4) is 0 Å². The molecule has 0 spiro atoms. The van der Waals surface area contributed by atoms with E-state index in [2.05, 4.69) is 27.4 Å². The third-order valence-corrected chi connectivity index (χ3v) is 3.91. The van der Waals surface area contributed by atoms with Gasteiger partial charge in [-0.2, -0.15) is 0 Å². The van der Waals surface area contributed by atoms with Gasteiger partial charge in [0.05, 0.1) is 13.2 Å². The first-order chi connectivity index (χ1) is 11.7. The third kappa shape index (κ3) is 4.29. The van der Waals surface area contributed by atoms with Crippen LogP contribution < -0.4 is 5.32 Å². The molecule has 3 rings (SSSR count). The number of carbonyl (C=O) groups excluding carboxylic acids is 1. The number of hydrogen-bond donors (Lipinski definition) is 1. The molecule has 6 nitrogen and oxygen atoms in total. The summed E-state index contributed by atoms with van der Waals surface area (Å²) in [6.45, 7) is 4.98. The molecule has 1 aliphatic rings. The molecule has 1 fully saturated rings. The maximum Gasteiger partial charge on any atom is 0.272 e. The van der Waals surface area contributed by atoms with Crippen molar-refractivity contribution in [1.29, 1.82) is 0 Å². The largest absolute Gasteiger partial charge is 0.378 e. The Morgan fingerprint density at radius 1 is 1.21 bits per heavy atom. The lowest BCUT2D eigenvalue weighted by atomic mass is 10.1. The second-order valence-electron chi connectivity index (χ2n) is 5.79. The van der Waals surface area contributed by atoms with Gasteiger partial charge in [-0.25, -0.2) is 9.97 Å². The second-order valence-corrected chi connectivity index (χ2v) is 5.79. The molecule has 126 valence electrons. The lowest BCUT2D eigenvalue weighted by Gasteiger charge is -2.26. The van der Waals surface area contributed by atoms with Crippen molar-refractivity contribution in [1.82, 2.24) is 14.9 Å². The molecule has 6 heteroatoms. The van der Waals surface area contributed by atoms with Gasteiger partial charge in [-0.15, -0.1) is 0 Å². The van der Waals surface area contributed by atoms with Crippen LogP contribution in [0.25, 0.3) is 0 Å². The number of nitrogens with one attached hydrogen (secondary N) is 1. The third-order valence-electron chi connectivity index (χ3n) is 3.91. The van der Waals surface area contributed by atoms with Gasteiger partial charge in [0, 0.05) is 25.3 Å². The first kappa shape index (κ1) is 16.4. The summed E-state index contributed by atoms with van der Waals surface area (Å²) >= 11 is 0. The number of hydrogen-bond acceptors (Lipinski definition) is 5. The molecule has 1 N–H and O–H groups in total. The Labute approximate surface area is 141 Å². The molecule has 0 unspecified atom stereocenters. The number of aryl methyl sites for hydroxylation is 1. The van der Waals surface area contributed by atoms with E-state index >= 15 is 0 Å². The minimum absolute atomic E-state index is 0.0603. The van der Waals surface area contributed by atoms with Crippen LogP contribution >= 0.6 is 0 Å². The topological polar surface area (TPSA) is 67.4 Å². The summed E-state index contributed by atoms with van der Waals surface area (Å²) in [5.74, 6) is 0.442. The van der Waals surface area contributed by atoms with Gasteiger partial charge in [0.25, 0.3) is 5.91 Å². The average Bonchev–Trinajstić information content (AvgIpc) is 2.62. The van der Waals surface area contributed by atoms with Crippen LogP contribution in [-0.4, -0.2) is 53.6 Å². The average molecular weight is 326 g/mol. The molecule has 1 amide bonds. The van der Waals surface area contributed by atoms with Gasteiger partial charge in [-0.05, 0) is 25.0 Å². The number of aromatic nitrogens is 2. The predicted molar refractivity (Wildman–Crippen MR) is 92.1 cm³/mol. The number of nitrogens with zero attached hydrogens (tertiary/aromatic N) is 3. The van der Waals surface area contributed by atoms with E-state index in [1.165, 1.54) is 5.56 Å². The van der Waals surface area contributed by atoms with Gasteiger partial charge in [0.1, 0.15) is 5.69 Å². The molecular weight excluding hydrogens is 304 g/mol. The number of carbonyl (C=O) groups is 1. The van der Waals surface area contributed by atoms with Gasteiger partial charge in [0.15, 0.2) is 0 Å². The van der Waals surface area contributed by atoms with E-state index in [0.717, 1.165) is 18.7 Å².